The summed E-state index contributed by atoms with van der Waals surface area (Å²) < 4.78 is 0. The summed E-state index contributed by atoms with van der Waals surface area (Å²) in [6, 6.07) is 0. The Bertz CT molecular complexity index is 96.0. The predicted molar refractivity (Wildman–Crippen MR) is 40.4 cm³/mol. The van der Waals surface area contributed by atoms with Gasteiger partial charge in [-0.1, -0.05) is 0 Å². The maximum atomic E-state index is 4.82. The third-order valence-corrected chi connectivity index (χ3v) is 1.33. The van der Waals surface area contributed by atoms with Crippen molar-refractivity contribution in [2.24, 2.45) is 0 Å². The van der Waals surface area contributed by atoms with Gasteiger partial charge in [-0.05, 0) is 5.41 Å². The first-order valence-electron chi connectivity index (χ1n) is 2.31. The molecule has 0 aliphatic carbocycles. The van der Waals surface area contributed by atoms with Crippen molar-refractivity contribution in [1.82, 2.24) is 5.06 Å². The van der Waals surface area contributed by atoms with Crippen LogP contribution in [0.3, 0.4) is 0 Å². The highest BCUT2D eigenvalue weighted by Crippen LogP contribution is 1.95. The summed E-state index contributed by atoms with van der Waals surface area (Å²) in [4.78, 5) is 4.82. The van der Waals surface area contributed by atoms with E-state index >= 15 is 0 Å². The molecule has 0 fully saturated rings. The highest BCUT2D eigenvalue weighted by Gasteiger charge is 1.90. The summed E-state index contributed by atoms with van der Waals surface area (Å²) in [5.74, 6) is 0. The molecule has 0 aromatic rings. The van der Waals surface area contributed by atoms with Crippen LogP contribution in [0.15, 0.2) is 11.0 Å². The molecule has 2 nitrogen and oxygen atoms in total. The second-order valence-corrected chi connectivity index (χ2v) is 1.71. The van der Waals surface area contributed by atoms with Crippen LogP contribution in [0.25, 0.3) is 0 Å². The number of nitrogens with zero attached hydrogens (tertiary/aromatic N) is 1. The summed E-state index contributed by atoms with van der Waals surface area (Å²) >= 11 is 3.93. The third kappa shape index (κ3) is 2.28. The Kier molecular flexibility index (Phi) is 3.82. The first-order chi connectivity index (χ1) is 3.72. The maximum Gasteiger partial charge on any atom is 0.164 e. The van der Waals surface area contributed by atoms with Gasteiger partial charge in [-0.25, -0.2) is 0 Å². The fraction of sp³-hybridized carbons (Fsp3) is 0.500. The van der Waals surface area contributed by atoms with Gasteiger partial charge in [-0.15, -0.1) is 0 Å². The molecule has 0 rings (SSSR count). The van der Waals surface area contributed by atoms with E-state index in [4.69, 9.17) is 4.84 Å². The number of hydroxylamine groups is 2. The van der Waals surface area contributed by atoms with Gasteiger partial charge < -0.3 is 0 Å². The van der Waals surface area contributed by atoms with Crippen LogP contribution in [-0.4, -0.2) is 27.1 Å². The average Bonchev–Trinajstić information content (AvgIpc) is 1.84. The van der Waals surface area contributed by atoms with Gasteiger partial charge in [0.1, 0.15) is 0 Å². The molecule has 46 valence electrons. The van der Waals surface area contributed by atoms with E-state index in [1.165, 1.54) is 0 Å². The zero-order valence-electron chi connectivity index (χ0n) is 5.38. The highest BCUT2D eigenvalue weighted by atomic mass is 32.1. The molecular formula is C4H10BNOS. The van der Waals surface area contributed by atoms with Crippen molar-refractivity contribution < 1.29 is 4.84 Å². The van der Waals surface area contributed by atoms with E-state index in [9.17, 15) is 0 Å². The lowest BCUT2D eigenvalue weighted by molar-refractivity contribution is -0.0693. The Morgan fingerprint density at radius 3 is 2.50 bits per heavy atom. The summed E-state index contributed by atoms with van der Waals surface area (Å²) in [7, 11) is 5.35. The molecule has 8 heavy (non-hydrogen) atoms. The lowest BCUT2D eigenvalue weighted by atomic mass is 10.1. The van der Waals surface area contributed by atoms with Crippen LogP contribution < -0.4 is 0 Å². The summed E-state index contributed by atoms with van der Waals surface area (Å²) in [6.45, 7) is 0. The largest absolute Gasteiger partial charge is 0.278 e. The van der Waals surface area contributed by atoms with Gasteiger partial charge in [0.15, 0.2) is 7.85 Å². The van der Waals surface area contributed by atoms with Gasteiger partial charge in [0.25, 0.3) is 0 Å². The van der Waals surface area contributed by atoms with Crippen molar-refractivity contribution >= 4 is 20.5 Å². The van der Waals surface area contributed by atoms with E-state index in [0.29, 0.717) is 0 Å². The number of thiol groups is 1. The Morgan fingerprint density at radius 1 is 1.88 bits per heavy atom. The minimum atomic E-state index is 0.982. The Labute approximate surface area is 56.3 Å². The predicted octanol–water partition coefficient (Wildman–Crippen LogP) is -0.159. The van der Waals surface area contributed by atoms with E-state index in [2.05, 4.69) is 12.6 Å². The molecule has 0 aromatic carbocycles. The van der Waals surface area contributed by atoms with Crippen LogP contribution in [0, 0.1) is 0 Å². The molecular weight excluding hydrogens is 121 g/mol. The zero-order chi connectivity index (χ0) is 6.57. The molecule has 0 saturated carbocycles. The molecule has 0 aliphatic rings. The van der Waals surface area contributed by atoms with E-state index in [-0.39, 0.29) is 0 Å². The first kappa shape index (κ1) is 7.91. The normalized spacial score (nSPS) is 11.6. The van der Waals surface area contributed by atoms with Crippen LogP contribution in [-0.2, 0) is 4.84 Å². The molecule has 0 atom stereocenters. The number of hydrogen-bond donors (Lipinski definition) is 1. The molecule has 0 radical (unpaired) electrons. The van der Waals surface area contributed by atoms with Crippen LogP contribution in [0.1, 0.15) is 0 Å². The molecule has 4 heteroatoms. The van der Waals surface area contributed by atoms with Crippen LogP contribution in [0.5, 0.6) is 0 Å². The monoisotopic (exact) mass is 131 g/mol. The fourth-order valence-corrected chi connectivity index (χ4v) is 0.388. The number of rotatable bonds is 2. The quantitative estimate of drug-likeness (QED) is 0.317. The van der Waals surface area contributed by atoms with Crippen molar-refractivity contribution in [3.05, 3.63) is 11.0 Å². The molecule has 0 amide bonds. The van der Waals surface area contributed by atoms with Gasteiger partial charge >= 0.3 is 0 Å². The molecule has 0 unspecified atom stereocenters. The van der Waals surface area contributed by atoms with E-state index in [0.717, 1.165) is 5.60 Å². The van der Waals surface area contributed by atoms with Gasteiger partial charge in [-0.3, -0.25) is 9.90 Å². The van der Waals surface area contributed by atoms with E-state index in [1.54, 1.807) is 17.6 Å². The Hall–Kier alpha value is -0.0851. The van der Waals surface area contributed by atoms with Crippen LogP contribution >= 0.6 is 12.6 Å². The summed E-state index contributed by atoms with van der Waals surface area (Å²) in [6.07, 6.45) is 0. The van der Waals surface area contributed by atoms with Gasteiger partial charge in [0.05, 0.1) is 7.11 Å². The molecule has 0 N–H and O–H groups in total. The summed E-state index contributed by atoms with van der Waals surface area (Å²) in [5.41, 5.74) is 0.982. The second-order valence-electron chi connectivity index (χ2n) is 1.45. The van der Waals surface area contributed by atoms with Crippen molar-refractivity contribution in [3.8, 4) is 0 Å². The van der Waals surface area contributed by atoms with Crippen molar-refractivity contribution in [2.45, 2.75) is 0 Å². The van der Waals surface area contributed by atoms with E-state index in [1.807, 2.05) is 14.9 Å². The van der Waals surface area contributed by atoms with Gasteiger partial charge in [-0.2, -0.15) is 12.6 Å². The Morgan fingerprint density at radius 2 is 2.38 bits per heavy atom. The van der Waals surface area contributed by atoms with Gasteiger partial charge in [0.2, 0.25) is 0 Å². The van der Waals surface area contributed by atoms with Gasteiger partial charge in [0, 0.05) is 12.6 Å². The maximum absolute atomic E-state index is 4.82. The van der Waals surface area contributed by atoms with Crippen LogP contribution in [0.4, 0.5) is 0 Å². The standard InChI is InChI=1S/C4H10BNOS/c1-6(7-2)4(5)3-8/h3,8H,5H2,1-2H3/b4-3-. The molecule has 0 bridgehead atoms. The molecule has 0 saturated heterocycles. The zero-order valence-corrected chi connectivity index (χ0v) is 6.27. The third-order valence-electron chi connectivity index (χ3n) is 0.957. The smallest absolute Gasteiger partial charge is 0.164 e. The minimum absolute atomic E-state index is 0.982. The Balaban J connectivity index is 3.63. The number of hydrogen-bond acceptors (Lipinski definition) is 3. The van der Waals surface area contributed by atoms with Crippen molar-refractivity contribution in [3.63, 3.8) is 0 Å². The highest BCUT2D eigenvalue weighted by molar-refractivity contribution is 7.83. The lowest BCUT2D eigenvalue weighted by Crippen LogP contribution is -2.15. The minimum Gasteiger partial charge on any atom is -0.278 e. The second kappa shape index (κ2) is 3.86. The molecule has 0 aliphatic heterocycles. The average molecular weight is 131 g/mol. The fourth-order valence-electron chi connectivity index (χ4n) is 0.225. The van der Waals surface area contributed by atoms with Crippen LogP contribution in [0.2, 0.25) is 0 Å². The molecule has 0 heterocycles. The van der Waals surface area contributed by atoms with Crippen molar-refractivity contribution in [1.29, 1.82) is 0 Å². The molecule has 0 spiro atoms. The SMILES string of the molecule is B/C(=C/S)N(C)OC. The summed E-state index contributed by atoms with van der Waals surface area (Å²) in [5, 5.41) is 3.32. The topological polar surface area (TPSA) is 12.5 Å². The first-order valence-corrected chi connectivity index (χ1v) is 2.82. The lowest BCUT2D eigenvalue weighted by Gasteiger charge is -2.15. The van der Waals surface area contributed by atoms with E-state index < -0.39 is 0 Å². The molecule has 0 aromatic heterocycles. The van der Waals surface area contributed by atoms with Crippen molar-refractivity contribution in [2.75, 3.05) is 14.2 Å².